The Bertz CT molecular complexity index is 733. The summed E-state index contributed by atoms with van der Waals surface area (Å²) in [6, 6.07) is 12.5. The molecule has 0 aliphatic carbocycles. The van der Waals surface area contributed by atoms with Crippen molar-refractivity contribution in [2.45, 2.75) is 18.7 Å². The first-order chi connectivity index (χ1) is 12.4. The maximum Gasteiger partial charge on any atom is 0.416 e. The number of nitrogens with one attached hydrogen (secondary N) is 1. The summed E-state index contributed by atoms with van der Waals surface area (Å²) in [4.78, 5) is 0. The van der Waals surface area contributed by atoms with E-state index in [2.05, 4.69) is 0 Å². The topological polar surface area (TPSA) is 21.3 Å². The first-order valence-corrected chi connectivity index (χ1v) is 6.54. The van der Waals surface area contributed by atoms with Gasteiger partial charge in [0.05, 0.1) is 5.56 Å². The van der Waals surface area contributed by atoms with Crippen molar-refractivity contribution in [3.05, 3.63) is 65.7 Å². The van der Waals surface area contributed by atoms with Crippen LogP contribution in [-0.4, -0.2) is 13.5 Å². The smallest absolute Gasteiger partial charge is 0.416 e. The van der Waals surface area contributed by atoms with Gasteiger partial charge in [0.2, 0.25) is 0 Å². The quantitative estimate of drug-likeness (QED) is 0.851. The highest BCUT2D eigenvalue weighted by molar-refractivity contribution is 5.30. The van der Waals surface area contributed by atoms with Crippen molar-refractivity contribution >= 4 is 0 Å². The van der Waals surface area contributed by atoms with Crippen molar-refractivity contribution in [1.29, 1.82) is 0 Å². The van der Waals surface area contributed by atoms with E-state index in [4.69, 9.17) is 11.6 Å². The number of alkyl halides is 3. The first kappa shape index (κ1) is 10.7. The monoisotopic (exact) mass is 314 g/mol. The van der Waals surface area contributed by atoms with Gasteiger partial charge in [0, 0.05) is 13.3 Å². The first-order valence-electron chi connectivity index (χ1n) is 9.04. The molecule has 1 N–H and O–H groups in total. The Hall–Kier alpha value is -2.01. The predicted molar refractivity (Wildman–Crippen MR) is 79.8 cm³/mol. The molecule has 0 fully saturated rings. The second-order valence-corrected chi connectivity index (χ2v) is 4.55. The summed E-state index contributed by atoms with van der Waals surface area (Å²) >= 11 is 0. The number of hydrogen-bond donors (Lipinski definition) is 1. The van der Waals surface area contributed by atoms with Crippen molar-refractivity contribution < 1.29 is 24.8 Å². The molecule has 0 saturated carbocycles. The molecule has 2 rings (SSSR count). The number of ether oxygens (including phenoxy) is 1. The van der Waals surface area contributed by atoms with Crippen LogP contribution in [0.2, 0.25) is 0 Å². The van der Waals surface area contributed by atoms with Gasteiger partial charge >= 0.3 is 6.18 Å². The van der Waals surface area contributed by atoms with Crippen molar-refractivity contribution in [2.75, 3.05) is 13.5 Å². The molecule has 0 aromatic heterocycles. The summed E-state index contributed by atoms with van der Waals surface area (Å²) in [6.07, 6.45) is -5.75. The van der Waals surface area contributed by atoms with Gasteiger partial charge in [0.1, 0.15) is 11.9 Å². The third-order valence-corrected chi connectivity index (χ3v) is 3.01. The molecule has 2 aromatic rings. The van der Waals surface area contributed by atoms with Gasteiger partial charge in [-0.3, -0.25) is 0 Å². The second-order valence-electron chi connectivity index (χ2n) is 4.55. The van der Waals surface area contributed by atoms with Gasteiger partial charge in [0.15, 0.2) is 0 Å². The fourth-order valence-corrected chi connectivity index (χ4v) is 1.93. The van der Waals surface area contributed by atoms with Crippen molar-refractivity contribution in [3.63, 3.8) is 0 Å². The Morgan fingerprint density at radius 2 is 1.82 bits per heavy atom. The minimum atomic E-state index is -4.47. The van der Waals surface area contributed by atoms with Gasteiger partial charge in [-0.15, -0.1) is 0 Å². The lowest BCUT2D eigenvalue weighted by Crippen LogP contribution is -2.16. The molecule has 2 aromatic carbocycles. The third-order valence-electron chi connectivity index (χ3n) is 3.01. The summed E-state index contributed by atoms with van der Waals surface area (Å²) < 4.78 is 81.1. The van der Waals surface area contributed by atoms with Crippen molar-refractivity contribution in [2.24, 2.45) is 0 Å². The zero-order valence-electron chi connectivity index (χ0n) is 16.5. The van der Waals surface area contributed by atoms with Gasteiger partial charge in [-0.05, 0) is 43.3 Å². The molecule has 22 heavy (non-hydrogen) atoms. The van der Waals surface area contributed by atoms with Crippen LogP contribution in [0.5, 0.6) is 5.75 Å². The van der Waals surface area contributed by atoms with E-state index >= 15 is 0 Å². The van der Waals surface area contributed by atoms with Crippen molar-refractivity contribution in [3.8, 4) is 5.75 Å². The molecule has 0 saturated heterocycles. The normalized spacial score (nSPS) is 17.5. The predicted octanol–water partition coefficient (Wildman–Crippen LogP) is 4.44. The van der Waals surface area contributed by atoms with E-state index in [9.17, 15) is 13.2 Å². The Balaban J connectivity index is 2.23. The highest BCUT2D eigenvalue weighted by atomic mass is 19.4. The van der Waals surface area contributed by atoms with Gasteiger partial charge in [-0.1, -0.05) is 30.3 Å². The summed E-state index contributed by atoms with van der Waals surface area (Å²) in [6.45, 7) is -4.99. The maximum atomic E-state index is 12.7. The van der Waals surface area contributed by atoms with Crippen LogP contribution in [-0.2, 0) is 6.18 Å². The molecular formula is C17H18F3NO. The van der Waals surface area contributed by atoms with E-state index in [0.29, 0.717) is 5.56 Å². The lowest BCUT2D eigenvalue weighted by Gasteiger charge is -2.20. The van der Waals surface area contributed by atoms with E-state index in [-0.39, 0.29) is 12.2 Å². The van der Waals surface area contributed by atoms with E-state index in [0.717, 1.165) is 24.3 Å². The van der Waals surface area contributed by atoms with Gasteiger partial charge in [0.25, 0.3) is 0 Å². The molecule has 5 heteroatoms. The highest BCUT2D eigenvalue weighted by Crippen LogP contribution is 2.31. The average molecular weight is 314 g/mol. The average Bonchev–Trinajstić information content (AvgIpc) is 2.52. The minimum absolute atomic E-state index is 0.113. The standard InChI is InChI=1S/C17H18F3NO/c1-21-12-11-16(13-5-3-2-4-6-13)22-15-9-7-14(8-10-15)17(18,19)20/h2-10,16,21H,11-12H2,1H3/i1D3,12D2. The van der Waals surface area contributed by atoms with Crippen LogP contribution < -0.4 is 10.1 Å². The fraction of sp³-hybridized carbons (Fsp3) is 0.294. The molecule has 1 unspecified atom stereocenters. The molecule has 0 aliphatic heterocycles. The van der Waals surface area contributed by atoms with Gasteiger partial charge in [-0.25, -0.2) is 0 Å². The van der Waals surface area contributed by atoms with Crippen LogP contribution >= 0.6 is 0 Å². The molecule has 118 valence electrons. The maximum absolute atomic E-state index is 12.7. The zero-order valence-corrected chi connectivity index (χ0v) is 11.5. The Kier molecular flexibility index (Phi) is 3.55. The fourth-order valence-electron chi connectivity index (χ4n) is 1.93. The molecular weight excluding hydrogens is 291 g/mol. The van der Waals surface area contributed by atoms with Crippen LogP contribution in [0, 0.1) is 0 Å². The van der Waals surface area contributed by atoms with Crippen LogP contribution in [0.3, 0.4) is 0 Å². The van der Waals surface area contributed by atoms with E-state index in [1.54, 1.807) is 30.3 Å². The van der Waals surface area contributed by atoms with Gasteiger partial charge in [-0.2, -0.15) is 13.2 Å². The molecule has 0 aliphatic rings. The van der Waals surface area contributed by atoms with Crippen LogP contribution in [0.15, 0.2) is 54.6 Å². The summed E-state index contributed by atoms with van der Waals surface area (Å²) in [5.74, 6) is 0.113. The van der Waals surface area contributed by atoms with Gasteiger partial charge < -0.3 is 10.1 Å². The zero-order chi connectivity index (χ0) is 20.3. The Morgan fingerprint density at radius 1 is 1.14 bits per heavy atom. The molecule has 0 heterocycles. The number of rotatable bonds is 6. The summed E-state index contributed by atoms with van der Waals surface area (Å²) in [7, 11) is 0. The second kappa shape index (κ2) is 7.31. The highest BCUT2D eigenvalue weighted by Gasteiger charge is 2.30. The SMILES string of the molecule is [2H]C([2H])([2H])NC([2H])([2H])CC(Oc1ccc(C(F)(F)F)cc1)c1ccccc1. The lowest BCUT2D eigenvalue weighted by molar-refractivity contribution is -0.137. The van der Waals surface area contributed by atoms with Crippen LogP contribution in [0.1, 0.15) is 30.5 Å². The summed E-state index contributed by atoms with van der Waals surface area (Å²) in [5.41, 5.74) is -0.265. The molecule has 0 radical (unpaired) electrons. The Labute approximate surface area is 134 Å². The van der Waals surface area contributed by atoms with Crippen LogP contribution in [0.25, 0.3) is 0 Å². The minimum Gasteiger partial charge on any atom is -0.486 e. The lowest BCUT2D eigenvalue weighted by atomic mass is 10.1. The molecule has 2 nitrogen and oxygen atoms in total. The number of benzene rings is 2. The Morgan fingerprint density at radius 3 is 2.41 bits per heavy atom. The number of hydrogen-bond acceptors (Lipinski definition) is 2. The van der Waals surface area contributed by atoms with Crippen molar-refractivity contribution in [1.82, 2.24) is 5.32 Å². The number of halogens is 3. The molecule has 0 bridgehead atoms. The van der Waals surface area contributed by atoms with E-state index in [1.165, 1.54) is 0 Å². The summed E-state index contributed by atoms with van der Waals surface area (Å²) in [5, 5.41) is 1.92. The molecule has 0 amide bonds. The van der Waals surface area contributed by atoms with E-state index in [1.807, 2.05) is 5.32 Å². The van der Waals surface area contributed by atoms with Crippen LogP contribution in [0.4, 0.5) is 13.2 Å². The molecule has 1 atom stereocenters. The molecule has 0 spiro atoms. The third kappa shape index (κ3) is 4.49. The van der Waals surface area contributed by atoms with E-state index < -0.39 is 31.3 Å². The largest absolute Gasteiger partial charge is 0.486 e.